The molecule has 0 saturated heterocycles. The fourth-order valence-corrected chi connectivity index (χ4v) is 1.17. The summed E-state index contributed by atoms with van der Waals surface area (Å²) in [7, 11) is 0. The molecule has 5 heteroatoms. The average molecular weight is 190 g/mol. The summed E-state index contributed by atoms with van der Waals surface area (Å²) in [6, 6.07) is 3.47. The van der Waals surface area contributed by atoms with E-state index >= 15 is 0 Å². The molecule has 0 aliphatic carbocycles. The van der Waals surface area contributed by atoms with Gasteiger partial charge in [-0.2, -0.15) is 10.2 Å². The van der Waals surface area contributed by atoms with Crippen LogP contribution >= 0.6 is 0 Å². The van der Waals surface area contributed by atoms with Gasteiger partial charge in [0.1, 0.15) is 0 Å². The van der Waals surface area contributed by atoms with Crippen LogP contribution in [0, 0.1) is 13.8 Å². The summed E-state index contributed by atoms with van der Waals surface area (Å²) in [5.74, 6) is -0.220. The second-order valence-corrected chi connectivity index (χ2v) is 3.14. The van der Waals surface area contributed by atoms with Gasteiger partial charge in [-0.25, -0.2) is 4.68 Å². The topological polar surface area (TPSA) is 63.6 Å². The van der Waals surface area contributed by atoms with E-state index in [0.29, 0.717) is 5.69 Å². The normalized spacial score (nSPS) is 10.4. The lowest BCUT2D eigenvalue weighted by molar-refractivity contribution is 0.0939. The highest BCUT2D eigenvalue weighted by Crippen LogP contribution is 2.01. The summed E-state index contributed by atoms with van der Waals surface area (Å²) in [5.41, 5.74) is 2.05. The third-order valence-electron chi connectivity index (χ3n) is 1.86. The number of H-pyrrole nitrogens is 1. The Balaban J connectivity index is 2.33. The number of rotatable bonds is 1. The first-order valence-electron chi connectivity index (χ1n) is 4.26. The van der Waals surface area contributed by atoms with Gasteiger partial charge in [-0.05, 0) is 26.0 Å². The highest BCUT2D eigenvalue weighted by atomic mass is 16.2. The van der Waals surface area contributed by atoms with E-state index in [4.69, 9.17) is 0 Å². The molecule has 0 fully saturated rings. The molecule has 2 aromatic heterocycles. The zero-order valence-electron chi connectivity index (χ0n) is 7.98. The highest BCUT2D eigenvalue weighted by Gasteiger charge is 2.11. The van der Waals surface area contributed by atoms with Gasteiger partial charge < -0.3 is 0 Å². The lowest BCUT2D eigenvalue weighted by Crippen LogP contribution is -2.13. The Morgan fingerprint density at radius 1 is 1.50 bits per heavy atom. The number of hydrogen-bond acceptors (Lipinski definition) is 3. The van der Waals surface area contributed by atoms with E-state index in [1.165, 1.54) is 4.68 Å². The fraction of sp³-hybridized carbons (Fsp3) is 0.222. The molecule has 2 aromatic rings. The molecule has 0 unspecified atom stereocenters. The van der Waals surface area contributed by atoms with Crippen LogP contribution in [0.3, 0.4) is 0 Å². The molecular weight excluding hydrogens is 180 g/mol. The molecule has 0 spiro atoms. The van der Waals surface area contributed by atoms with Crippen LogP contribution in [0.15, 0.2) is 18.3 Å². The van der Waals surface area contributed by atoms with E-state index in [1.54, 1.807) is 18.3 Å². The van der Waals surface area contributed by atoms with Crippen LogP contribution in [0.25, 0.3) is 0 Å². The molecule has 2 heterocycles. The van der Waals surface area contributed by atoms with E-state index in [-0.39, 0.29) is 5.91 Å². The van der Waals surface area contributed by atoms with Gasteiger partial charge in [0.25, 0.3) is 5.91 Å². The molecular formula is C9H10N4O. The van der Waals surface area contributed by atoms with Crippen LogP contribution in [0.2, 0.25) is 0 Å². The van der Waals surface area contributed by atoms with Crippen molar-refractivity contribution < 1.29 is 4.79 Å². The Morgan fingerprint density at radius 3 is 2.79 bits per heavy atom. The van der Waals surface area contributed by atoms with E-state index in [1.807, 2.05) is 13.8 Å². The summed E-state index contributed by atoms with van der Waals surface area (Å²) in [4.78, 5) is 11.7. The predicted molar refractivity (Wildman–Crippen MR) is 50.0 cm³/mol. The zero-order chi connectivity index (χ0) is 10.1. The van der Waals surface area contributed by atoms with Gasteiger partial charge in [0.05, 0.1) is 5.69 Å². The first-order chi connectivity index (χ1) is 6.66. The molecule has 0 aliphatic heterocycles. The smallest absolute Gasteiger partial charge is 0.282 e. The molecule has 0 atom stereocenters. The molecule has 0 bridgehead atoms. The molecule has 0 aromatic carbocycles. The van der Waals surface area contributed by atoms with E-state index < -0.39 is 0 Å². The molecule has 14 heavy (non-hydrogen) atoms. The van der Waals surface area contributed by atoms with Gasteiger partial charge in [-0.1, -0.05) is 0 Å². The molecule has 0 amide bonds. The summed E-state index contributed by atoms with van der Waals surface area (Å²) in [6.07, 6.45) is 1.63. The number of carbonyl (C=O) groups is 1. The number of aromatic nitrogens is 4. The number of nitrogens with one attached hydrogen (secondary N) is 1. The number of aromatic amines is 1. The maximum absolute atomic E-state index is 11.7. The zero-order valence-corrected chi connectivity index (χ0v) is 7.98. The summed E-state index contributed by atoms with van der Waals surface area (Å²) >= 11 is 0. The van der Waals surface area contributed by atoms with E-state index in [2.05, 4.69) is 15.3 Å². The third kappa shape index (κ3) is 1.44. The van der Waals surface area contributed by atoms with Crippen molar-refractivity contribution in [3.8, 4) is 0 Å². The second-order valence-electron chi connectivity index (χ2n) is 3.14. The first kappa shape index (κ1) is 8.68. The standard InChI is InChI=1S/C9H10N4O/c1-6-3-4-13(12-6)9(14)8-5-7(2)10-11-8/h3-5H,1-2H3,(H,10,11). The molecule has 2 rings (SSSR count). The number of carbonyl (C=O) groups excluding carboxylic acids is 1. The maximum Gasteiger partial charge on any atom is 0.298 e. The lowest BCUT2D eigenvalue weighted by Gasteiger charge is -1.94. The van der Waals surface area contributed by atoms with E-state index in [9.17, 15) is 4.79 Å². The Bertz CT molecular complexity index is 426. The monoisotopic (exact) mass is 190 g/mol. The van der Waals surface area contributed by atoms with Crippen molar-refractivity contribution in [3.63, 3.8) is 0 Å². The largest absolute Gasteiger partial charge is 0.298 e. The Morgan fingerprint density at radius 2 is 2.29 bits per heavy atom. The summed E-state index contributed by atoms with van der Waals surface area (Å²) in [5, 5.41) is 10.6. The average Bonchev–Trinajstić information content (AvgIpc) is 2.73. The van der Waals surface area contributed by atoms with Gasteiger partial charge in [-0.15, -0.1) is 0 Å². The number of nitrogens with zero attached hydrogens (tertiary/aromatic N) is 3. The minimum Gasteiger partial charge on any atom is -0.282 e. The van der Waals surface area contributed by atoms with Crippen LogP contribution in [0.1, 0.15) is 21.9 Å². The van der Waals surface area contributed by atoms with Crippen molar-refractivity contribution in [2.75, 3.05) is 0 Å². The van der Waals surface area contributed by atoms with Crippen LogP contribution < -0.4 is 0 Å². The molecule has 0 saturated carbocycles. The van der Waals surface area contributed by atoms with Gasteiger partial charge in [0.15, 0.2) is 5.69 Å². The van der Waals surface area contributed by atoms with Crippen molar-refractivity contribution in [1.82, 2.24) is 20.0 Å². The predicted octanol–water partition coefficient (Wildman–Crippen LogP) is 0.912. The Kier molecular flexibility index (Phi) is 1.92. The Labute approximate surface area is 80.7 Å². The van der Waals surface area contributed by atoms with Crippen molar-refractivity contribution in [1.29, 1.82) is 0 Å². The number of aryl methyl sites for hydroxylation is 2. The van der Waals surface area contributed by atoms with Gasteiger partial charge >= 0.3 is 0 Å². The third-order valence-corrected chi connectivity index (χ3v) is 1.86. The fourth-order valence-electron chi connectivity index (χ4n) is 1.17. The minimum absolute atomic E-state index is 0.220. The van der Waals surface area contributed by atoms with Crippen molar-refractivity contribution in [2.45, 2.75) is 13.8 Å². The highest BCUT2D eigenvalue weighted by molar-refractivity contribution is 5.93. The molecule has 0 radical (unpaired) electrons. The quantitative estimate of drug-likeness (QED) is 0.727. The Hall–Kier alpha value is -1.91. The van der Waals surface area contributed by atoms with Crippen LogP contribution in [0.5, 0.6) is 0 Å². The lowest BCUT2D eigenvalue weighted by atomic mass is 10.3. The van der Waals surface area contributed by atoms with Gasteiger partial charge in [0, 0.05) is 11.9 Å². The summed E-state index contributed by atoms with van der Waals surface area (Å²) in [6.45, 7) is 3.68. The molecule has 5 nitrogen and oxygen atoms in total. The van der Waals surface area contributed by atoms with Crippen LogP contribution in [-0.4, -0.2) is 25.9 Å². The maximum atomic E-state index is 11.7. The van der Waals surface area contributed by atoms with Crippen LogP contribution in [0.4, 0.5) is 0 Å². The second kappa shape index (κ2) is 3.10. The van der Waals surface area contributed by atoms with Crippen LogP contribution in [-0.2, 0) is 0 Å². The minimum atomic E-state index is -0.220. The van der Waals surface area contributed by atoms with Crippen molar-refractivity contribution in [2.24, 2.45) is 0 Å². The van der Waals surface area contributed by atoms with E-state index in [0.717, 1.165) is 11.4 Å². The van der Waals surface area contributed by atoms with Crippen molar-refractivity contribution >= 4 is 5.91 Å². The van der Waals surface area contributed by atoms with Gasteiger partial charge in [0.2, 0.25) is 0 Å². The summed E-state index contributed by atoms with van der Waals surface area (Å²) < 4.78 is 1.28. The number of hydrogen-bond donors (Lipinski definition) is 1. The van der Waals surface area contributed by atoms with Gasteiger partial charge in [-0.3, -0.25) is 9.89 Å². The molecule has 1 N–H and O–H groups in total. The molecule has 72 valence electrons. The first-order valence-corrected chi connectivity index (χ1v) is 4.26. The molecule has 0 aliphatic rings. The SMILES string of the molecule is Cc1ccn(C(=O)c2cc(C)[nH]n2)n1. The van der Waals surface area contributed by atoms with Crippen molar-refractivity contribution in [3.05, 3.63) is 35.4 Å².